The lowest BCUT2D eigenvalue weighted by atomic mass is 10.1. The summed E-state index contributed by atoms with van der Waals surface area (Å²) in [6.07, 6.45) is 0.654. The van der Waals surface area contributed by atoms with Crippen molar-refractivity contribution in [1.82, 2.24) is 0 Å². The Balaban J connectivity index is 2.49. The quantitative estimate of drug-likeness (QED) is 0.613. The van der Waals surface area contributed by atoms with Crippen LogP contribution < -0.4 is 10.4 Å². The third-order valence-electron chi connectivity index (χ3n) is 2.70. The maximum atomic E-state index is 11.6. The van der Waals surface area contributed by atoms with Crippen LogP contribution in [0.2, 0.25) is 0 Å². The Morgan fingerprint density at radius 1 is 1.33 bits per heavy atom. The molecule has 0 atom stereocenters. The van der Waals surface area contributed by atoms with Crippen molar-refractivity contribution in [2.24, 2.45) is 0 Å². The molecular formula is C12H10O3. The lowest BCUT2D eigenvalue weighted by molar-refractivity contribution is 0.360. The number of benzene rings is 1. The van der Waals surface area contributed by atoms with E-state index in [0.717, 1.165) is 10.9 Å². The Kier molecular flexibility index (Phi) is 1.63. The number of hydrogen-bond donors (Lipinski definition) is 0. The van der Waals surface area contributed by atoms with Crippen LogP contribution in [0.3, 0.4) is 0 Å². The van der Waals surface area contributed by atoms with Gasteiger partial charge >= 0.3 is 5.63 Å². The molecule has 0 amide bonds. The highest BCUT2D eigenvalue weighted by Gasteiger charge is 2.20. The molecule has 0 unspecified atom stereocenters. The van der Waals surface area contributed by atoms with Crippen LogP contribution in [0.25, 0.3) is 11.0 Å². The van der Waals surface area contributed by atoms with Crippen LogP contribution in [0.5, 0.6) is 5.75 Å². The minimum atomic E-state index is -0.265. The van der Waals surface area contributed by atoms with Gasteiger partial charge in [0.2, 0.25) is 0 Å². The van der Waals surface area contributed by atoms with Crippen molar-refractivity contribution in [2.75, 3.05) is 6.61 Å². The first-order chi connectivity index (χ1) is 7.25. The van der Waals surface area contributed by atoms with Crippen LogP contribution in [0.1, 0.15) is 11.1 Å². The molecule has 3 heteroatoms. The van der Waals surface area contributed by atoms with E-state index < -0.39 is 0 Å². The van der Waals surface area contributed by atoms with Crippen LogP contribution in [-0.2, 0) is 6.42 Å². The van der Waals surface area contributed by atoms with Crippen LogP contribution >= 0.6 is 0 Å². The first-order valence-corrected chi connectivity index (χ1v) is 4.95. The summed E-state index contributed by atoms with van der Waals surface area (Å²) in [4.78, 5) is 11.6. The van der Waals surface area contributed by atoms with Crippen LogP contribution in [0, 0.1) is 6.92 Å². The van der Waals surface area contributed by atoms with Gasteiger partial charge in [-0.2, -0.15) is 0 Å². The molecule has 2 aromatic rings. The molecule has 0 fully saturated rings. The Hall–Kier alpha value is -1.77. The van der Waals surface area contributed by atoms with Gasteiger partial charge in [0.15, 0.2) is 0 Å². The first-order valence-electron chi connectivity index (χ1n) is 4.95. The van der Waals surface area contributed by atoms with E-state index in [0.29, 0.717) is 29.9 Å². The minimum absolute atomic E-state index is 0.265. The maximum absolute atomic E-state index is 11.6. The maximum Gasteiger partial charge on any atom is 0.343 e. The van der Waals surface area contributed by atoms with Crippen molar-refractivity contribution < 1.29 is 9.15 Å². The van der Waals surface area contributed by atoms with Gasteiger partial charge < -0.3 is 9.15 Å². The molecule has 2 heterocycles. The van der Waals surface area contributed by atoms with Crippen LogP contribution in [0.15, 0.2) is 27.4 Å². The molecule has 1 aromatic carbocycles. The van der Waals surface area contributed by atoms with Gasteiger partial charge in [0.25, 0.3) is 0 Å². The molecule has 15 heavy (non-hydrogen) atoms. The fourth-order valence-electron chi connectivity index (χ4n) is 1.96. The van der Waals surface area contributed by atoms with Gasteiger partial charge in [0, 0.05) is 6.42 Å². The number of hydrogen-bond acceptors (Lipinski definition) is 3. The zero-order valence-corrected chi connectivity index (χ0v) is 8.37. The molecule has 0 bridgehead atoms. The highest BCUT2D eigenvalue weighted by Crippen LogP contribution is 2.31. The summed E-state index contributed by atoms with van der Waals surface area (Å²) in [6, 6.07) is 5.73. The standard InChI is InChI=1S/C12H10O3/c1-7-2-3-10-9(6-7)11-8(4-5-14-11)12(13)15-10/h2-3,6H,4-5H2,1H3. The van der Waals surface area contributed by atoms with Crippen molar-refractivity contribution in [3.05, 3.63) is 39.7 Å². The topological polar surface area (TPSA) is 39.4 Å². The number of fused-ring (bicyclic) bond motifs is 3. The summed E-state index contributed by atoms with van der Waals surface area (Å²) in [6.45, 7) is 2.58. The lowest BCUT2D eigenvalue weighted by Crippen LogP contribution is -2.04. The van der Waals surface area contributed by atoms with E-state index in [1.807, 2.05) is 25.1 Å². The summed E-state index contributed by atoms with van der Waals surface area (Å²) < 4.78 is 10.7. The lowest BCUT2D eigenvalue weighted by Gasteiger charge is -2.03. The minimum Gasteiger partial charge on any atom is -0.492 e. The zero-order valence-electron chi connectivity index (χ0n) is 8.37. The third-order valence-corrected chi connectivity index (χ3v) is 2.70. The van der Waals surface area contributed by atoms with E-state index in [4.69, 9.17) is 9.15 Å². The largest absolute Gasteiger partial charge is 0.492 e. The van der Waals surface area contributed by atoms with Gasteiger partial charge in [-0.3, -0.25) is 0 Å². The molecule has 0 aliphatic carbocycles. The van der Waals surface area contributed by atoms with Crippen molar-refractivity contribution >= 4 is 11.0 Å². The predicted molar refractivity (Wildman–Crippen MR) is 56.4 cm³/mol. The summed E-state index contributed by atoms with van der Waals surface area (Å²) in [7, 11) is 0. The second-order valence-electron chi connectivity index (χ2n) is 3.80. The van der Waals surface area contributed by atoms with Crippen LogP contribution in [0.4, 0.5) is 0 Å². The van der Waals surface area contributed by atoms with Crippen molar-refractivity contribution in [2.45, 2.75) is 13.3 Å². The van der Waals surface area contributed by atoms with Gasteiger partial charge in [-0.25, -0.2) is 4.79 Å². The Morgan fingerprint density at radius 3 is 3.07 bits per heavy atom. The van der Waals surface area contributed by atoms with Crippen molar-refractivity contribution in [1.29, 1.82) is 0 Å². The Labute approximate surface area is 86.3 Å². The van der Waals surface area contributed by atoms with Crippen molar-refractivity contribution in [3.8, 4) is 5.75 Å². The zero-order chi connectivity index (χ0) is 10.4. The molecule has 3 nitrogen and oxygen atoms in total. The van der Waals surface area contributed by atoms with Gasteiger partial charge in [0.1, 0.15) is 11.3 Å². The van der Waals surface area contributed by atoms with Crippen molar-refractivity contribution in [3.63, 3.8) is 0 Å². The molecule has 76 valence electrons. The molecular weight excluding hydrogens is 192 g/mol. The van der Waals surface area contributed by atoms with Crippen LogP contribution in [-0.4, -0.2) is 6.61 Å². The highest BCUT2D eigenvalue weighted by molar-refractivity contribution is 5.85. The Bertz CT molecular complexity index is 596. The van der Waals surface area contributed by atoms with Gasteiger partial charge in [-0.15, -0.1) is 0 Å². The first kappa shape index (κ1) is 8.53. The summed E-state index contributed by atoms with van der Waals surface area (Å²) >= 11 is 0. The van der Waals surface area contributed by atoms with Gasteiger partial charge in [-0.1, -0.05) is 11.6 Å². The monoisotopic (exact) mass is 202 g/mol. The molecule has 0 spiro atoms. The van der Waals surface area contributed by atoms with E-state index in [2.05, 4.69) is 0 Å². The smallest absolute Gasteiger partial charge is 0.343 e. The normalized spacial score (nSPS) is 13.9. The number of ether oxygens (including phenoxy) is 1. The van der Waals surface area contributed by atoms with E-state index >= 15 is 0 Å². The van der Waals surface area contributed by atoms with Gasteiger partial charge in [0.05, 0.1) is 17.6 Å². The van der Waals surface area contributed by atoms with E-state index in [9.17, 15) is 4.79 Å². The fourth-order valence-corrected chi connectivity index (χ4v) is 1.96. The molecule has 0 N–H and O–H groups in total. The molecule has 0 saturated carbocycles. The SMILES string of the molecule is Cc1ccc2oc(=O)c3c(c2c1)OCC3. The van der Waals surface area contributed by atoms with E-state index in [1.165, 1.54) is 0 Å². The van der Waals surface area contributed by atoms with Gasteiger partial charge in [-0.05, 0) is 19.1 Å². The second kappa shape index (κ2) is 2.86. The summed E-state index contributed by atoms with van der Waals surface area (Å²) in [5.41, 5.74) is 2.15. The third kappa shape index (κ3) is 1.16. The Morgan fingerprint density at radius 2 is 2.20 bits per heavy atom. The average molecular weight is 202 g/mol. The molecule has 3 rings (SSSR count). The highest BCUT2D eigenvalue weighted by atomic mass is 16.5. The average Bonchev–Trinajstić information content (AvgIpc) is 2.69. The number of aryl methyl sites for hydroxylation is 1. The molecule has 0 saturated heterocycles. The second-order valence-corrected chi connectivity index (χ2v) is 3.80. The predicted octanol–water partition coefficient (Wildman–Crippen LogP) is 2.04. The number of rotatable bonds is 0. The summed E-state index contributed by atoms with van der Waals surface area (Å²) in [5.74, 6) is 0.713. The molecule has 1 aliphatic rings. The van der Waals surface area contributed by atoms with E-state index in [-0.39, 0.29) is 5.63 Å². The van der Waals surface area contributed by atoms with E-state index in [1.54, 1.807) is 0 Å². The fraction of sp³-hybridized carbons (Fsp3) is 0.250. The summed E-state index contributed by atoms with van der Waals surface area (Å²) in [5, 5.41) is 0.905. The molecule has 1 aliphatic heterocycles. The molecule has 1 aromatic heterocycles. The molecule has 0 radical (unpaired) electrons.